The average molecular weight is 521 g/mol. The SMILES string of the molecule is CCOC(=O)[PH]1(C(=O)OCC)CC2CN(S(=O)(=O)c3ccccc3)CC(C1)N2Cc1ccccc1. The summed E-state index contributed by atoms with van der Waals surface area (Å²) in [7, 11) is -7.05. The number of rotatable bonds is 8. The standard InChI is InChI=1S/C25H33N2O6PS/c1-3-32-24(28)34(25(29)33-4-2)18-21-16-26(35(30,31)23-13-9-6-10-14-23)17-22(19-34)27(21)15-20-11-7-5-8-12-20/h5-14,21-22,34H,3-4,15-19H2,1-2H3. The third-order valence-corrected chi connectivity index (χ3v) is 12.9. The number of piperazine rings is 1. The van der Waals surface area contributed by atoms with Gasteiger partial charge >= 0.3 is 208 Å². The van der Waals surface area contributed by atoms with Crippen LogP contribution in [-0.4, -0.2) is 79.8 Å². The Kier molecular flexibility index (Phi) is 7.91. The van der Waals surface area contributed by atoms with Gasteiger partial charge in [-0.15, -0.1) is 0 Å². The molecule has 2 bridgehead atoms. The van der Waals surface area contributed by atoms with Crippen LogP contribution in [0.2, 0.25) is 0 Å². The quantitative estimate of drug-likeness (QED) is 0.486. The van der Waals surface area contributed by atoms with Crippen molar-refractivity contribution in [2.45, 2.75) is 37.4 Å². The molecule has 0 radical (unpaired) electrons. The van der Waals surface area contributed by atoms with Crippen LogP contribution in [0, 0.1) is 0 Å². The minimum atomic E-state index is -3.71. The first-order valence-corrected chi connectivity index (χ1v) is 15.9. The van der Waals surface area contributed by atoms with Gasteiger partial charge in [-0.25, -0.2) is 0 Å². The molecule has 0 aliphatic carbocycles. The van der Waals surface area contributed by atoms with Crippen LogP contribution in [0.5, 0.6) is 0 Å². The Bertz CT molecular complexity index is 1110. The summed E-state index contributed by atoms with van der Waals surface area (Å²) in [5.41, 5.74) is 0.197. The number of hydrogen-bond acceptors (Lipinski definition) is 7. The molecule has 35 heavy (non-hydrogen) atoms. The summed E-state index contributed by atoms with van der Waals surface area (Å²) >= 11 is 0. The van der Waals surface area contributed by atoms with E-state index in [4.69, 9.17) is 9.47 Å². The second-order valence-corrected chi connectivity index (χ2v) is 14.8. The van der Waals surface area contributed by atoms with E-state index in [1.807, 2.05) is 30.3 Å². The zero-order valence-corrected chi connectivity index (χ0v) is 21.9. The number of hydrogen-bond donors (Lipinski definition) is 0. The van der Waals surface area contributed by atoms with E-state index in [1.54, 1.807) is 44.2 Å². The van der Waals surface area contributed by atoms with Crippen LogP contribution in [0.15, 0.2) is 65.6 Å². The Hall–Kier alpha value is -2.32. The van der Waals surface area contributed by atoms with Gasteiger partial charge in [-0.05, 0) is 0 Å². The van der Waals surface area contributed by atoms with Gasteiger partial charge in [0.05, 0.1) is 0 Å². The minimum absolute atomic E-state index is 0.185. The molecule has 0 saturated carbocycles. The Morgan fingerprint density at radius 2 is 1.34 bits per heavy atom. The van der Waals surface area contributed by atoms with Gasteiger partial charge in [0.2, 0.25) is 0 Å². The van der Waals surface area contributed by atoms with Crippen molar-refractivity contribution in [3.63, 3.8) is 0 Å². The van der Waals surface area contributed by atoms with Crippen LogP contribution < -0.4 is 0 Å². The third-order valence-electron chi connectivity index (χ3n) is 6.86. The van der Waals surface area contributed by atoms with Crippen molar-refractivity contribution in [1.29, 1.82) is 0 Å². The zero-order valence-electron chi connectivity index (χ0n) is 20.1. The number of carbonyl (C=O) groups is 2. The Balaban J connectivity index is 1.70. The fourth-order valence-corrected chi connectivity index (χ4v) is 11.0. The summed E-state index contributed by atoms with van der Waals surface area (Å²) in [5, 5.41) is 0. The molecule has 0 aromatic heterocycles. The molecule has 2 fully saturated rings. The van der Waals surface area contributed by atoms with E-state index in [1.165, 1.54) is 4.31 Å². The van der Waals surface area contributed by atoms with Gasteiger partial charge in [0.1, 0.15) is 0 Å². The number of carbonyl (C=O) groups excluding carboxylic acids is 2. The van der Waals surface area contributed by atoms with Crippen molar-refractivity contribution in [2.24, 2.45) is 0 Å². The normalized spacial score (nSPS) is 23.3. The van der Waals surface area contributed by atoms with Crippen LogP contribution in [-0.2, 0) is 26.0 Å². The van der Waals surface area contributed by atoms with Gasteiger partial charge in [-0.3, -0.25) is 0 Å². The van der Waals surface area contributed by atoms with Crippen LogP contribution in [0.4, 0.5) is 9.59 Å². The molecule has 2 aromatic rings. The fourth-order valence-electron chi connectivity index (χ4n) is 5.25. The van der Waals surface area contributed by atoms with Gasteiger partial charge in [0.25, 0.3) is 0 Å². The van der Waals surface area contributed by atoms with Gasteiger partial charge in [0.15, 0.2) is 0 Å². The predicted molar refractivity (Wildman–Crippen MR) is 137 cm³/mol. The van der Waals surface area contributed by atoms with E-state index in [2.05, 4.69) is 4.90 Å². The van der Waals surface area contributed by atoms with Crippen molar-refractivity contribution in [2.75, 3.05) is 38.6 Å². The molecule has 8 nitrogen and oxygen atoms in total. The molecule has 2 atom stereocenters. The van der Waals surface area contributed by atoms with Gasteiger partial charge < -0.3 is 0 Å². The van der Waals surface area contributed by atoms with Crippen LogP contribution in [0.25, 0.3) is 0 Å². The zero-order chi connectivity index (χ0) is 25.1. The maximum absolute atomic E-state index is 13.5. The molecule has 2 aliphatic rings. The van der Waals surface area contributed by atoms with Gasteiger partial charge in [0, 0.05) is 0 Å². The molecule has 2 aliphatic heterocycles. The van der Waals surface area contributed by atoms with Crippen molar-refractivity contribution in [3.05, 3.63) is 66.2 Å². The van der Waals surface area contributed by atoms with E-state index in [0.717, 1.165) is 5.56 Å². The summed E-state index contributed by atoms with van der Waals surface area (Å²) < 4.78 is 39.2. The molecule has 2 unspecified atom stereocenters. The first-order chi connectivity index (χ1) is 16.8. The first kappa shape index (κ1) is 25.8. The second-order valence-electron chi connectivity index (χ2n) is 9.03. The summed E-state index contributed by atoms with van der Waals surface area (Å²) in [6.45, 7) is 4.85. The molecule has 2 heterocycles. The summed E-state index contributed by atoms with van der Waals surface area (Å²) in [5.74, 6) is 0. The van der Waals surface area contributed by atoms with E-state index >= 15 is 0 Å². The molecular weight excluding hydrogens is 487 g/mol. The van der Waals surface area contributed by atoms with Gasteiger partial charge in [-0.2, -0.15) is 0 Å². The molecule has 10 heteroatoms. The van der Waals surface area contributed by atoms with E-state index in [-0.39, 0.29) is 55.6 Å². The van der Waals surface area contributed by atoms with E-state index in [9.17, 15) is 18.0 Å². The van der Waals surface area contributed by atoms with Crippen molar-refractivity contribution < 1.29 is 27.5 Å². The Labute approximate surface area is 207 Å². The molecule has 2 saturated heterocycles. The van der Waals surface area contributed by atoms with Crippen LogP contribution in [0.1, 0.15) is 19.4 Å². The average Bonchev–Trinajstić information content (AvgIpc) is 2.85. The second kappa shape index (κ2) is 10.7. The molecule has 0 N–H and O–H groups in total. The Morgan fingerprint density at radius 1 is 0.857 bits per heavy atom. The Morgan fingerprint density at radius 3 is 1.83 bits per heavy atom. The monoisotopic (exact) mass is 520 g/mol. The fraction of sp³-hybridized carbons (Fsp3) is 0.440. The number of nitrogens with zero attached hydrogens (tertiary/aromatic N) is 2. The van der Waals surface area contributed by atoms with E-state index in [0.29, 0.717) is 6.54 Å². The van der Waals surface area contributed by atoms with Crippen molar-refractivity contribution >= 4 is 28.7 Å². The molecule has 2 aromatic carbocycles. The molecular formula is C25H33N2O6PS. The van der Waals surface area contributed by atoms with Crippen molar-refractivity contribution in [1.82, 2.24) is 9.21 Å². The van der Waals surface area contributed by atoms with Crippen LogP contribution in [0.3, 0.4) is 0 Å². The molecule has 4 rings (SSSR count). The number of fused-ring (bicyclic) bond motifs is 2. The van der Waals surface area contributed by atoms with Crippen molar-refractivity contribution in [3.8, 4) is 0 Å². The summed E-state index contributed by atoms with van der Waals surface area (Å²) in [6.07, 6.45) is 0.545. The molecule has 0 amide bonds. The predicted octanol–water partition coefficient (Wildman–Crippen LogP) is 4.01. The number of ether oxygens (including phenoxy) is 2. The van der Waals surface area contributed by atoms with Gasteiger partial charge in [-0.1, -0.05) is 0 Å². The molecule has 190 valence electrons. The first-order valence-electron chi connectivity index (χ1n) is 12.0. The summed E-state index contributed by atoms with van der Waals surface area (Å²) in [6, 6.07) is 17.7. The third kappa shape index (κ3) is 5.14. The number of benzene rings is 2. The van der Waals surface area contributed by atoms with E-state index < -0.39 is 28.7 Å². The van der Waals surface area contributed by atoms with Crippen LogP contribution >= 0.6 is 7.26 Å². The molecule has 0 spiro atoms. The number of sulfonamides is 1. The maximum atomic E-state index is 13.5. The summed E-state index contributed by atoms with van der Waals surface area (Å²) in [4.78, 5) is 28.9. The topological polar surface area (TPSA) is 93.2 Å².